The molecule has 0 saturated heterocycles. The van der Waals surface area contributed by atoms with Crippen LogP contribution in [0.15, 0.2) is 102 Å². The Bertz CT molecular complexity index is 3260. The minimum Gasteiger partial charge on any atom is -0.491 e. The van der Waals surface area contributed by atoms with Gasteiger partial charge >= 0.3 is 18.0 Å². The van der Waals surface area contributed by atoms with Gasteiger partial charge in [-0.25, -0.2) is 4.79 Å². The quantitative estimate of drug-likeness (QED) is 0.0251. The van der Waals surface area contributed by atoms with Gasteiger partial charge in [0, 0.05) is 52.0 Å². The summed E-state index contributed by atoms with van der Waals surface area (Å²) in [6, 6.07) is 26.8. The number of rotatable bonds is 26. The summed E-state index contributed by atoms with van der Waals surface area (Å²) in [5, 5.41) is 30.7. The molecule has 1 aliphatic heterocycles. The number of aliphatic carboxylic acids is 1. The van der Waals surface area contributed by atoms with Gasteiger partial charge in [0.05, 0.1) is 38.6 Å². The number of alkyl carbamates (subject to hydrolysis) is 1. The predicted molar refractivity (Wildman–Crippen MR) is 309 cm³/mol. The second-order valence-electron chi connectivity index (χ2n) is 20.7. The van der Waals surface area contributed by atoms with Crippen LogP contribution in [0, 0.1) is 20.8 Å². The number of carboxylic acid groups (broad SMARTS) is 1. The number of aromatic nitrogens is 3. The van der Waals surface area contributed by atoms with Gasteiger partial charge < -0.3 is 50.1 Å². The SMILES string of the molecule is Cc1sc2c(c1C)C(c1ccc(Cl)cc1)=N[C@@H](CC(=O)Nc1ccc(OCCOCCOCCNC(=O)C(CCC(=O)OC(C)(C)C)NC(=O)C(CCC(=O)O)NC(=O)OCC3c4ccccc4-c4ccccc43)cc1)c1nnc(C)n1-2. The van der Waals surface area contributed by atoms with Crippen LogP contribution < -0.4 is 26.0 Å². The average molecular weight is 1160 g/mol. The minimum absolute atomic E-state index is 0.0153. The summed E-state index contributed by atoms with van der Waals surface area (Å²) < 4.78 is 30.2. The fourth-order valence-corrected chi connectivity index (χ4v) is 10.9. The molecule has 2 aromatic heterocycles. The lowest BCUT2D eigenvalue weighted by Crippen LogP contribution is -2.54. The van der Waals surface area contributed by atoms with Gasteiger partial charge in [-0.2, -0.15) is 0 Å². The standard InChI is InChI=1S/C60H67ClN8O12S/c1-35-36(2)82-58-53(35)54(38-15-17-39(61)18-16-38)64-49(55-68-67-37(3)69(55)58)33-50(70)63-40-19-21-41(22-20-40)79-32-31-78-30-29-77-28-27-62-56(74)47(24-26-52(73)81-60(4,5)6)65-57(75)48(23-25-51(71)72)66-59(76)80-34-46-44-13-9-7-11-42(44)43-12-8-10-14-45(43)46/h7-22,46-49H,23-34H2,1-6H3,(H,62,74)(H,63,70)(H,65,75)(H,66,76)(H,71,72)/t47?,48?,49-/m0/s1. The molecule has 1 aliphatic carbocycles. The first-order valence-corrected chi connectivity index (χ1v) is 28.2. The molecule has 432 valence electrons. The first-order chi connectivity index (χ1) is 39.3. The number of carbonyl (C=O) groups excluding carboxylic acids is 5. The van der Waals surface area contributed by atoms with Crippen LogP contribution >= 0.6 is 22.9 Å². The summed E-state index contributed by atoms with van der Waals surface area (Å²) in [6.07, 6.45) is -2.10. The topological polar surface area (TPSA) is 260 Å². The second kappa shape index (κ2) is 27.7. The lowest BCUT2D eigenvalue weighted by Gasteiger charge is -2.24. The molecule has 3 heterocycles. The Morgan fingerprint density at radius 3 is 2.06 bits per heavy atom. The Morgan fingerprint density at radius 2 is 1.39 bits per heavy atom. The first kappa shape index (κ1) is 60.1. The predicted octanol–water partition coefficient (Wildman–Crippen LogP) is 8.74. The highest BCUT2D eigenvalue weighted by Gasteiger charge is 2.34. The van der Waals surface area contributed by atoms with E-state index in [-0.39, 0.29) is 83.7 Å². The van der Waals surface area contributed by atoms with Crippen LogP contribution in [0.1, 0.15) is 109 Å². The van der Waals surface area contributed by atoms with Crippen molar-refractivity contribution < 1.29 is 57.6 Å². The molecular formula is C60H67ClN8O12S. The molecular weight excluding hydrogens is 1090 g/mol. The van der Waals surface area contributed by atoms with Crippen molar-refractivity contribution in [3.8, 4) is 21.9 Å². The Hall–Kier alpha value is -7.98. The van der Waals surface area contributed by atoms with Crippen LogP contribution in [0.3, 0.4) is 0 Å². The van der Waals surface area contributed by atoms with Gasteiger partial charge in [-0.05, 0) is 119 Å². The van der Waals surface area contributed by atoms with Crippen LogP contribution in [0.5, 0.6) is 5.75 Å². The van der Waals surface area contributed by atoms with Crippen molar-refractivity contribution in [2.24, 2.45) is 4.99 Å². The number of carboxylic acids is 1. The van der Waals surface area contributed by atoms with Crippen LogP contribution in [0.25, 0.3) is 16.1 Å². The molecule has 4 amide bonds. The molecule has 22 heteroatoms. The molecule has 0 spiro atoms. The minimum atomic E-state index is -1.39. The van der Waals surface area contributed by atoms with E-state index in [1.54, 1.807) is 56.4 Å². The Kier molecular flexibility index (Phi) is 20.3. The second-order valence-corrected chi connectivity index (χ2v) is 22.3. The highest BCUT2D eigenvalue weighted by atomic mass is 35.5. The molecule has 3 atom stereocenters. The van der Waals surface area contributed by atoms with Crippen molar-refractivity contribution in [1.82, 2.24) is 30.7 Å². The van der Waals surface area contributed by atoms with E-state index in [1.807, 2.05) is 84.3 Å². The van der Waals surface area contributed by atoms with Gasteiger partial charge in [-0.1, -0.05) is 72.3 Å². The molecule has 0 radical (unpaired) electrons. The molecule has 6 aromatic rings. The lowest BCUT2D eigenvalue weighted by molar-refractivity contribution is -0.155. The maximum absolute atomic E-state index is 13.8. The van der Waals surface area contributed by atoms with Gasteiger partial charge in [0.1, 0.15) is 53.5 Å². The number of anilines is 1. The normalized spacial score (nSPS) is 14.1. The number of ether oxygens (including phenoxy) is 5. The van der Waals surface area contributed by atoms with Crippen LogP contribution in [-0.4, -0.2) is 125 Å². The zero-order valence-corrected chi connectivity index (χ0v) is 48.1. The van der Waals surface area contributed by atoms with Crippen molar-refractivity contribution in [2.45, 2.75) is 103 Å². The number of fused-ring (bicyclic) bond motifs is 6. The van der Waals surface area contributed by atoms with Crippen LogP contribution in [0.4, 0.5) is 10.5 Å². The monoisotopic (exact) mass is 1160 g/mol. The van der Waals surface area contributed by atoms with Crippen LogP contribution in [-0.2, 0) is 42.9 Å². The van der Waals surface area contributed by atoms with E-state index < -0.39 is 60.0 Å². The van der Waals surface area contributed by atoms with Gasteiger partial charge in [0.15, 0.2) is 5.82 Å². The highest BCUT2D eigenvalue weighted by Crippen LogP contribution is 2.45. The molecule has 4 aromatic carbocycles. The summed E-state index contributed by atoms with van der Waals surface area (Å²) in [6.45, 7) is 12.1. The van der Waals surface area contributed by atoms with E-state index in [2.05, 4.69) is 45.3 Å². The van der Waals surface area contributed by atoms with Gasteiger partial charge in [-0.15, -0.1) is 21.5 Å². The fraction of sp³-hybridized carbons (Fsp3) is 0.383. The molecule has 0 saturated carbocycles. The molecule has 0 bridgehead atoms. The van der Waals surface area contributed by atoms with E-state index in [0.29, 0.717) is 28.1 Å². The van der Waals surface area contributed by atoms with Gasteiger partial charge in [0.25, 0.3) is 0 Å². The summed E-state index contributed by atoms with van der Waals surface area (Å²) in [5.74, 6) is -1.95. The molecule has 2 aliphatic rings. The van der Waals surface area contributed by atoms with Crippen LogP contribution in [0.2, 0.25) is 5.02 Å². The number of aryl methyl sites for hydroxylation is 2. The smallest absolute Gasteiger partial charge is 0.407 e. The number of hydrogen-bond donors (Lipinski definition) is 5. The zero-order valence-electron chi connectivity index (χ0n) is 46.5. The van der Waals surface area contributed by atoms with E-state index in [9.17, 15) is 33.9 Å². The number of thiophene rings is 1. The van der Waals surface area contributed by atoms with E-state index in [1.165, 1.54) is 0 Å². The first-order valence-electron chi connectivity index (χ1n) is 27.0. The lowest BCUT2D eigenvalue weighted by atomic mass is 9.98. The largest absolute Gasteiger partial charge is 0.491 e. The number of aliphatic imine (C=N–C) groups is 1. The van der Waals surface area contributed by atoms with Gasteiger partial charge in [0.2, 0.25) is 17.7 Å². The summed E-state index contributed by atoms with van der Waals surface area (Å²) in [5.41, 5.74) is 7.52. The summed E-state index contributed by atoms with van der Waals surface area (Å²) >= 11 is 7.90. The number of nitrogens with zero attached hydrogens (tertiary/aromatic N) is 4. The Morgan fingerprint density at radius 1 is 0.756 bits per heavy atom. The van der Waals surface area contributed by atoms with Crippen molar-refractivity contribution >= 4 is 70.1 Å². The third-order valence-corrected chi connectivity index (χ3v) is 15.0. The molecule has 5 N–H and O–H groups in total. The third kappa shape index (κ3) is 15.7. The molecule has 20 nitrogen and oxygen atoms in total. The number of nitrogens with one attached hydrogen (secondary N) is 4. The van der Waals surface area contributed by atoms with E-state index in [4.69, 9.17) is 40.3 Å². The summed E-state index contributed by atoms with van der Waals surface area (Å²) in [4.78, 5) is 84.8. The average Bonchev–Trinajstić information content (AvgIpc) is 4.11. The van der Waals surface area contributed by atoms with Crippen molar-refractivity contribution in [3.05, 3.63) is 146 Å². The van der Waals surface area contributed by atoms with Crippen molar-refractivity contribution in [1.29, 1.82) is 0 Å². The maximum Gasteiger partial charge on any atom is 0.407 e. The number of esters is 1. The van der Waals surface area contributed by atoms with E-state index in [0.717, 1.165) is 54.5 Å². The number of hydrogen-bond acceptors (Lipinski definition) is 15. The molecule has 8 rings (SSSR count). The number of amides is 4. The molecule has 2 unspecified atom stereocenters. The van der Waals surface area contributed by atoms with Crippen molar-refractivity contribution in [3.63, 3.8) is 0 Å². The fourth-order valence-electron chi connectivity index (χ4n) is 9.58. The number of benzene rings is 4. The Balaban J connectivity index is 0.761. The van der Waals surface area contributed by atoms with E-state index >= 15 is 0 Å². The number of halogens is 1. The van der Waals surface area contributed by atoms with Gasteiger partial charge in [-0.3, -0.25) is 33.5 Å². The summed E-state index contributed by atoms with van der Waals surface area (Å²) in [7, 11) is 0. The Labute approximate surface area is 484 Å². The third-order valence-electron chi connectivity index (χ3n) is 13.6. The number of carbonyl (C=O) groups is 6. The molecule has 0 fully saturated rings. The van der Waals surface area contributed by atoms with Crippen molar-refractivity contribution in [2.75, 3.05) is 51.5 Å². The highest BCUT2D eigenvalue weighted by molar-refractivity contribution is 7.15. The molecule has 82 heavy (non-hydrogen) atoms. The zero-order chi connectivity index (χ0) is 58.5. The maximum atomic E-state index is 13.8.